The summed E-state index contributed by atoms with van der Waals surface area (Å²) in [6.45, 7) is 1.72. The third kappa shape index (κ3) is 3.18. The summed E-state index contributed by atoms with van der Waals surface area (Å²) >= 11 is 0. The highest BCUT2D eigenvalue weighted by molar-refractivity contribution is 7.55. The molecule has 2 rings (SSSR count). The van der Waals surface area contributed by atoms with E-state index in [2.05, 4.69) is 12.1 Å². The maximum absolute atomic E-state index is 11.0. The SMILES string of the molecule is CC(C(=O)O)c1cccc(Pc2ccccc2)c1. The molecule has 1 N–H and O–H groups in total. The van der Waals surface area contributed by atoms with Crippen LogP contribution in [-0.4, -0.2) is 11.1 Å². The Morgan fingerprint density at radius 2 is 1.72 bits per heavy atom. The van der Waals surface area contributed by atoms with Crippen molar-refractivity contribution in [3.05, 3.63) is 60.2 Å². The second kappa shape index (κ2) is 5.79. The topological polar surface area (TPSA) is 37.3 Å². The van der Waals surface area contributed by atoms with Crippen LogP contribution < -0.4 is 10.6 Å². The molecule has 0 aliphatic heterocycles. The standard InChI is InChI=1S/C15H15O2P/c1-11(15(16)17)12-6-5-9-14(10-12)18-13-7-3-2-4-8-13/h2-11,18H,1H3,(H,16,17). The summed E-state index contributed by atoms with van der Waals surface area (Å²) < 4.78 is 0. The lowest BCUT2D eigenvalue weighted by Gasteiger charge is -2.09. The normalized spacial score (nSPS) is 12.7. The van der Waals surface area contributed by atoms with Gasteiger partial charge in [0.2, 0.25) is 0 Å². The van der Waals surface area contributed by atoms with E-state index >= 15 is 0 Å². The molecule has 0 radical (unpaired) electrons. The van der Waals surface area contributed by atoms with Crippen LogP contribution in [0, 0.1) is 0 Å². The fraction of sp³-hybridized carbons (Fsp3) is 0.133. The zero-order valence-electron chi connectivity index (χ0n) is 10.1. The molecule has 18 heavy (non-hydrogen) atoms. The number of hydrogen-bond acceptors (Lipinski definition) is 1. The third-order valence-corrected chi connectivity index (χ3v) is 4.04. The van der Waals surface area contributed by atoms with Crippen molar-refractivity contribution < 1.29 is 9.90 Å². The molecule has 0 amide bonds. The molecule has 0 bridgehead atoms. The molecule has 0 heterocycles. The average molecular weight is 258 g/mol. The minimum absolute atomic E-state index is 0.453. The van der Waals surface area contributed by atoms with E-state index in [1.165, 1.54) is 10.6 Å². The van der Waals surface area contributed by atoms with Crippen LogP contribution in [0.15, 0.2) is 54.6 Å². The van der Waals surface area contributed by atoms with Crippen molar-refractivity contribution in [1.82, 2.24) is 0 Å². The Balaban J connectivity index is 2.20. The van der Waals surface area contributed by atoms with Crippen LogP contribution in [-0.2, 0) is 4.79 Å². The maximum Gasteiger partial charge on any atom is 0.310 e. The minimum Gasteiger partial charge on any atom is -0.481 e. The first-order valence-corrected chi connectivity index (χ1v) is 6.81. The number of carbonyl (C=O) groups is 1. The molecule has 0 fully saturated rings. The van der Waals surface area contributed by atoms with Gasteiger partial charge < -0.3 is 5.11 Å². The van der Waals surface area contributed by atoms with E-state index < -0.39 is 11.9 Å². The van der Waals surface area contributed by atoms with Crippen LogP contribution in [0.1, 0.15) is 18.4 Å². The molecule has 0 aliphatic rings. The number of carboxylic acid groups (broad SMARTS) is 1. The number of rotatable bonds is 4. The van der Waals surface area contributed by atoms with Gasteiger partial charge in [-0.25, -0.2) is 0 Å². The Morgan fingerprint density at radius 1 is 1.06 bits per heavy atom. The summed E-state index contributed by atoms with van der Waals surface area (Å²) in [5.74, 6) is -1.24. The van der Waals surface area contributed by atoms with E-state index in [1.54, 1.807) is 6.92 Å². The Morgan fingerprint density at radius 3 is 2.39 bits per heavy atom. The largest absolute Gasteiger partial charge is 0.481 e. The van der Waals surface area contributed by atoms with Crippen LogP contribution in [0.4, 0.5) is 0 Å². The number of hydrogen-bond donors (Lipinski definition) is 1. The molecule has 3 heteroatoms. The van der Waals surface area contributed by atoms with Crippen molar-refractivity contribution in [2.75, 3.05) is 0 Å². The monoisotopic (exact) mass is 258 g/mol. The summed E-state index contributed by atoms with van der Waals surface area (Å²) in [7, 11) is 0.566. The van der Waals surface area contributed by atoms with Crippen molar-refractivity contribution in [2.45, 2.75) is 12.8 Å². The Bertz CT molecular complexity index is 537. The lowest BCUT2D eigenvalue weighted by molar-refractivity contribution is -0.138. The first-order chi connectivity index (χ1) is 8.66. The summed E-state index contributed by atoms with van der Waals surface area (Å²) in [5.41, 5.74) is 0.864. The Hall–Kier alpha value is -1.66. The van der Waals surface area contributed by atoms with Crippen LogP contribution in [0.2, 0.25) is 0 Å². The highest BCUT2D eigenvalue weighted by atomic mass is 31.1. The van der Waals surface area contributed by atoms with Gasteiger partial charge in [0.1, 0.15) is 0 Å². The highest BCUT2D eigenvalue weighted by Gasteiger charge is 2.13. The second-order valence-electron chi connectivity index (χ2n) is 4.18. The van der Waals surface area contributed by atoms with Gasteiger partial charge in [0, 0.05) is 0 Å². The van der Waals surface area contributed by atoms with Crippen molar-refractivity contribution in [1.29, 1.82) is 0 Å². The molecule has 2 unspecified atom stereocenters. The molecular weight excluding hydrogens is 243 g/mol. The van der Waals surface area contributed by atoms with Gasteiger partial charge in [0.05, 0.1) is 5.92 Å². The van der Waals surface area contributed by atoms with Gasteiger partial charge in [-0.15, -0.1) is 0 Å². The Labute approximate surface area is 108 Å². The lowest BCUT2D eigenvalue weighted by Crippen LogP contribution is -2.10. The maximum atomic E-state index is 11.0. The molecule has 0 saturated heterocycles. The first kappa shape index (κ1) is 12.8. The van der Waals surface area contributed by atoms with Crippen LogP contribution in [0.25, 0.3) is 0 Å². The fourth-order valence-corrected chi connectivity index (χ4v) is 2.83. The zero-order valence-corrected chi connectivity index (χ0v) is 11.1. The smallest absolute Gasteiger partial charge is 0.310 e. The van der Waals surface area contributed by atoms with Crippen molar-refractivity contribution in [3.63, 3.8) is 0 Å². The summed E-state index contributed by atoms with van der Waals surface area (Å²) in [6, 6.07) is 18.1. The molecule has 2 atom stereocenters. The summed E-state index contributed by atoms with van der Waals surface area (Å²) in [4.78, 5) is 11.0. The highest BCUT2D eigenvalue weighted by Crippen LogP contribution is 2.17. The zero-order chi connectivity index (χ0) is 13.0. The predicted octanol–water partition coefficient (Wildman–Crippen LogP) is 2.50. The van der Waals surface area contributed by atoms with Gasteiger partial charge in [0.15, 0.2) is 0 Å². The molecule has 0 aromatic heterocycles. The Kier molecular flexibility index (Phi) is 4.11. The molecule has 2 aromatic carbocycles. The van der Waals surface area contributed by atoms with Crippen molar-refractivity contribution in [2.24, 2.45) is 0 Å². The summed E-state index contributed by atoms with van der Waals surface area (Å²) in [6.07, 6.45) is 0. The fourth-order valence-electron chi connectivity index (χ4n) is 1.72. The average Bonchev–Trinajstić information content (AvgIpc) is 2.39. The van der Waals surface area contributed by atoms with Crippen LogP contribution in [0.3, 0.4) is 0 Å². The van der Waals surface area contributed by atoms with Crippen LogP contribution >= 0.6 is 8.58 Å². The molecule has 0 spiro atoms. The van der Waals surface area contributed by atoms with E-state index in [0.29, 0.717) is 8.58 Å². The molecule has 0 aliphatic carbocycles. The lowest BCUT2D eigenvalue weighted by atomic mass is 10.0. The van der Waals surface area contributed by atoms with Gasteiger partial charge in [0.25, 0.3) is 0 Å². The van der Waals surface area contributed by atoms with E-state index in [4.69, 9.17) is 5.11 Å². The van der Waals surface area contributed by atoms with Crippen LogP contribution in [0.5, 0.6) is 0 Å². The summed E-state index contributed by atoms with van der Waals surface area (Å²) in [5, 5.41) is 11.5. The van der Waals surface area contributed by atoms with E-state index in [9.17, 15) is 4.79 Å². The number of benzene rings is 2. The molecule has 92 valence electrons. The first-order valence-electron chi connectivity index (χ1n) is 5.81. The molecule has 2 nitrogen and oxygen atoms in total. The second-order valence-corrected chi connectivity index (χ2v) is 5.58. The number of aliphatic carboxylic acids is 1. The molecule has 0 saturated carbocycles. The van der Waals surface area contributed by atoms with Crippen molar-refractivity contribution >= 4 is 25.2 Å². The van der Waals surface area contributed by atoms with Gasteiger partial charge >= 0.3 is 5.97 Å². The van der Waals surface area contributed by atoms with E-state index in [-0.39, 0.29) is 0 Å². The van der Waals surface area contributed by atoms with Gasteiger partial charge in [-0.2, -0.15) is 0 Å². The quantitative estimate of drug-likeness (QED) is 0.855. The van der Waals surface area contributed by atoms with Crippen molar-refractivity contribution in [3.8, 4) is 0 Å². The van der Waals surface area contributed by atoms with E-state index in [1.807, 2.05) is 42.5 Å². The minimum atomic E-state index is -0.782. The number of carboxylic acids is 1. The van der Waals surface area contributed by atoms with E-state index in [0.717, 1.165) is 5.56 Å². The van der Waals surface area contributed by atoms with Gasteiger partial charge in [-0.05, 0) is 23.1 Å². The van der Waals surface area contributed by atoms with Gasteiger partial charge in [-0.3, -0.25) is 4.79 Å². The molecular formula is C15H15O2P. The third-order valence-electron chi connectivity index (χ3n) is 2.82. The predicted molar refractivity (Wildman–Crippen MR) is 76.5 cm³/mol. The molecule has 2 aromatic rings. The van der Waals surface area contributed by atoms with Gasteiger partial charge in [-0.1, -0.05) is 63.2 Å².